The summed E-state index contributed by atoms with van der Waals surface area (Å²) in [6, 6.07) is 13.7. The molecule has 52 heavy (non-hydrogen) atoms. The minimum atomic E-state index is -2.17. The van der Waals surface area contributed by atoms with Gasteiger partial charge in [-0.05, 0) is 74.8 Å². The number of carbonyl (C=O) groups is 2. The number of carbonyl (C=O) groups excluding carboxylic acids is 2. The van der Waals surface area contributed by atoms with E-state index in [-0.39, 0.29) is 17.5 Å². The first-order valence-corrected chi connectivity index (χ1v) is 20.3. The number of benzene rings is 2. The first kappa shape index (κ1) is 38.3. The number of fused-ring (bicyclic) bond motifs is 2. The largest absolute Gasteiger partial charge is 0.494 e. The van der Waals surface area contributed by atoms with Gasteiger partial charge in [0.2, 0.25) is 11.9 Å². The number of aromatic nitrogens is 3. The quantitative estimate of drug-likeness (QED) is 0.171. The van der Waals surface area contributed by atoms with Gasteiger partial charge in [-0.3, -0.25) is 9.69 Å². The van der Waals surface area contributed by atoms with Crippen LogP contribution in [0.25, 0.3) is 22.2 Å². The van der Waals surface area contributed by atoms with Crippen LogP contribution in [-0.2, 0) is 25.9 Å². The van der Waals surface area contributed by atoms with Crippen molar-refractivity contribution in [3.63, 3.8) is 0 Å². The Labute approximate surface area is 307 Å². The molecular weight excluding hydrogens is 675 g/mol. The summed E-state index contributed by atoms with van der Waals surface area (Å²) in [5.74, 6) is 0.870. The van der Waals surface area contributed by atoms with Crippen LogP contribution in [0.4, 0.5) is 22.1 Å². The second-order valence-corrected chi connectivity index (χ2v) is 21.3. The number of likely N-dealkylation sites (N-methyl/N-ethyl adjacent to an activating group) is 1. The fraction of sp³-hybridized carbons (Fsp3) is 0.462. The van der Waals surface area contributed by atoms with Crippen molar-refractivity contribution >= 4 is 48.5 Å². The molecule has 4 aromatic rings. The van der Waals surface area contributed by atoms with E-state index in [0.29, 0.717) is 53.0 Å². The Kier molecular flexibility index (Phi) is 10.2. The van der Waals surface area contributed by atoms with Gasteiger partial charge >= 0.3 is 6.09 Å². The number of anilines is 3. The molecule has 2 aromatic carbocycles. The third kappa shape index (κ3) is 7.78. The third-order valence-corrected chi connectivity index (χ3v) is 14.4. The number of hydrogen-bond donors (Lipinski definition) is 1. The third-order valence-electron chi connectivity index (χ3n) is 9.92. The summed E-state index contributed by atoms with van der Waals surface area (Å²) in [4.78, 5) is 38.5. The van der Waals surface area contributed by atoms with Crippen molar-refractivity contribution in [3.05, 3.63) is 59.9 Å². The number of nitrogens with zero attached hydrogens (tertiary/aromatic N) is 6. The smallest absolute Gasteiger partial charge is 0.414 e. The van der Waals surface area contributed by atoms with Gasteiger partial charge in [0.25, 0.3) is 0 Å². The lowest BCUT2D eigenvalue weighted by Gasteiger charge is -2.39. The molecule has 1 aliphatic rings. The van der Waals surface area contributed by atoms with Crippen LogP contribution >= 0.6 is 0 Å². The maximum Gasteiger partial charge on any atom is 0.414 e. The van der Waals surface area contributed by atoms with E-state index < -0.39 is 25.4 Å². The second-order valence-electron chi connectivity index (χ2n) is 16.4. The van der Waals surface area contributed by atoms with Gasteiger partial charge in [0.1, 0.15) is 24.0 Å². The van der Waals surface area contributed by atoms with Crippen LogP contribution in [0.2, 0.25) is 18.1 Å². The van der Waals surface area contributed by atoms with E-state index >= 15 is 0 Å². The van der Waals surface area contributed by atoms with Gasteiger partial charge in [-0.15, -0.1) is 0 Å². The van der Waals surface area contributed by atoms with Crippen molar-refractivity contribution in [3.8, 4) is 23.1 Å². The highest BCUT2D eigenvalue weighted by Crippen LogP contribution is 2.47. The Hall–Kier alpha value is -4.93. The molecule has 3 heterocycles. The fourth-order valence-electron chi connectivity index (χ4n) is 5.89. The molecule has 1 N–H and O–H groups in total. The van der Waals surface area contributed by atoms with Gasteiger partial charge in [-0.25, -0.2) is 14.8 Å². The number of rotatable bonds is 9. The van der Waals surface area contributed by atoms with Crippen molar-refractivity contribution in [1.29, 1.82) is 5.26 Å². The Morgan fingerprint density at radius 2 is 1.81 bits per heavy atom. The molecule has 1 aliphatic heterocycles. The predicted octanol–water partition coefficient (Wildman–Crippen LogP) is 7.84. The molecule has 2 amide bonds. The van der Waals surface area contributed by atoms with E-state index in [9.17, 15) is 14.9 Å². The highest BCUT2D eigenvalue weighted by molar-refractivity contribution is 6.74. The molecule has 13 heteroatoms. The lowest BCUT2D eigenvalue weighted by Crippen LogP contribution is -2.46. The normalized spacial score (nSPS) is 16.0. The second kappa shape index (κ2) is 13.9. The minimum absolute atomic E-state index is 0.0119. The molecule has 2 aromatic heterocycles. The molecule has 12 nitrogen and oxygen atoms in total. The standard InChI is InChI=1S/C39H51N7O5Si/c1-37(2,3)51-36(48)46-23-39(7,24-50-52(11,12)38(4,5)6)28-18-26(17-27(21-40)34(28)46)29-13-15-41-35(42-29)43-30-19-25-14-16-45(22-33(47)44(8)9)31(25)20-32(30)49-10/h13-20H,22-24H2,1-12H3,(H,41,42,43). The summed E-state index contributed by atoms with van der Waals surface area (Å²) < 4.78 is 20.2. The highest BCUT2D eigenvalue weighted by atomic mass is 28.4. The Bertz CT molecular complexity index is 2050. The maximum atomic E-state index is 13.6. The molecule has 0 spiro atoms. The topological polar surface area (TPSA) is 135 Å². The van der Waals surface area contributed by atoms with Crippen molar-refractivity contribution < 1.29 is 23.5 Å². The van der Waals surface area contributed by atoms with Crippen LogP contribution in [0.3, 0.4) is 0 Å². The monoisotopic (exact) mass is 725 g/mol. The summed E-state index contributed by atoms with van der Waals surface area (Å²) in [5, 5.41) is 14.7. The van der Waals surface area contributed by atoms with Crippen LogP contribution in [0.5, 0.6) is 5.75 Å². The number of amides is 2. The summed E-state index contributed by atoms with van der Waals surface area (Å²) in [6.07, 6.45) is 3.03. The Balaban J connectivity index is 1.54. The number of methoxy groups -OCH3 is 1. The van der Waals surface area contributed by atoms with Gasteiger partial charge in [0, 0.05) is 62.1 Å². The van der Waals surface area contributed by atoms with E-state index in [1.807, 2.05) is 55.8 Å². The molecule has 0 bridgehead atoms. The SMILES string of the molecule is COc1cc2c(ccn2CC(=O)N(C)C)cc1Nc1nccc(-c2cc(C#N)c3c(c2)C(C)(CO[Si](C)(C)C(C)(C)C)CN3C(=O)OC(C)(C)C)n1. The van der Waals surface area contributed by atoms with E-state index in [2.05, 4.69) is 57.2 Å². The van der Waals surface area contributed by atoms with Gasteiger partial charge in [-0.2, -0.15) is 5.26 Å². The maximum absolute atomic E-state index is 13.6. The molecule has 0 saturated carbocycles. The summed E-state index contributed by atoms with van der Waals surface area (Å²) >= 11 is 0. The number of nitriles is 1. The molecule has 0 aliphatic carbocycles. The molecular formula is C39H51N7O5Si. The van der Waals surface area contributed by atoms with Crippen molar-refractivity contribution in [2.75, 3.05) is 44.6 Å². The molecule has 0 fully saturated rings. The molecule has 276 valence electrons. The summed E-state index contributed by atoms with van der Waals surface area (Å²) in [6.45, 7) is 19.4. The summed E-state index contributed by atoms with van der Waals surface area (Å²) in [5.41, 5.74) is 3.15. The van der Waals surface area contributed by atoms with Gasteiger partial charge < -0.3 is 28.7 Å². The number of nitrogens with one attached hydrogen (secondary N) is 1. The van der Waals surface area contributed by atoms with Gasteiger partial charge in [0.15, 0.2) is 8.32 Å². The van der Waals surface area contributed by atoms with Gasteiger partial charge in [-0.1, -0.05) is 27.7 Å². The van der Waals surface area contributed by atoms with Crippen LogP contribution in [0.15, 0.2) is 48.8 Å². The zero-order chi connectivity index (χ0) is 38.4. The average Bonchev–Trinajstić information content (AvgIpc) is 3.59. The van der Waals surface area contributed by atoms with Crippen LogP contribution in [0.1, 0.15) is 59.6 Å². The average molecular weight is 726 g/mol. The number of hydrogen-bond acceptors (Lipinski definition) is 9. The van der Waals surface area contributed by atoms with E-state index in [1.165, 1.54) is 0 Å². The highest BCUT2D eigenvalue weighted by Gasteiger charge is 2.47. The first-order valence-electron chi connectivity index (χ1n) is 17.4. The van der Waals surface area contributed by atoms with Gasteiger partial charge in [0.05, 0.1) is 35.3 Å². The molecule has 1 atom stereocenters. The van der Waals surface area contributed by atoms with Crippen LogP contribution in [-0.4, -0.2) is 79.7 Å². The van der Waals surface area contributed by atoms with Crippen molar-refractivity contribution in [1.82, 2.24) is 19.4 Å². The van der Waals surface area contributed by atoms with E-state index in [0.717, 1.165) is 16.5 Å². The van der Waals surface area contributed by atoms with Crippen LogP contribution in [0, 0.1) is 11.3 Å². The Morgan fingerprint density at radius 1 is 1.10 bits per heavy atom. The van der Waals surface area contributed by atoms with Crippen molar-refractivity contribution in [2.45, 2.75) is 84.2 Å². The molecule has 0 saturated heterocycles. The minimum Gasteiger partial charge on any atom is -0.494 e. The zero-order valence-corrected chi connectivity index (χ0v) is 33.5. The van der Waals surface area contributed by atoms with E-state index in [4.69, 9.17) is 18.9 Å². The molecule has 0 radical (unpaired) electrons. The predicted molar refractivity (Wildman–Crippen MR) is 207 cm³/mol. The first-order chi connectivity index (χ1) is 24.2. The van der Waals surface area contributed by atoms with E-state index in [1.54, 1.807) is 49.3 Å². The lowest BCUT2D eigenvalue weighted by molar-refractivity contribution is -0.129. The summed E-state index contributed by atoms with van der Waals surface area (Å²) in [7, 11) is 2.89. The van der Waals surface area contributed by atoms with Crippen LogP contribution < -0.4 is 15.0 Å². The lowest BCUT2D eigenvalue weighted by atomic mass is 9.83. The van der Waals surface area contributed by atoms with Crippen molar-refractivity contribution in [2.24, 2.45) is 0 Å². The molecule has 5 rings (SSSR count). The number of ether oxygens (including phenoxy) is 2. The fourth-order valence-corrected chi connectivity index (χ4v) is 7.01. The zero-order valence-electron chi connectivity index (χ0n) is 32.5. The Morgan fingerprint density at radius 3 is 2.42 bits per heavy atom. The molecule has 1 unspecified atom stereocenters.